The highest BCUT2D eigenvalue weighted by Crippen LogP contribution is 2.27. The predicted octanol–water partition coefficient (Wildman–Crippen LogP) is 5.37. The Labute approximate surface area is 192 Å². The molecule has 6 nitrogen and oxygen atoms in total. The summed E-state index contributed by atoms with van der Waals surface area (Å²) in [6, 6.07) is 11.3. The number of hydrogen-bond donors (Lipinski definition) is 0. The van der Waals surface area contributed by atoms with Crippen molar-refractivity contribution in [1.82, 2.24) is 9.78 Å². The van der Waals surface area contributed by atoms with Crippen LogP contribution in [-0.2, 0) is 0 Å². The maximum Gasteiger partial charge on any atom is 0.253 e. The molecule has 0 amide bonds. The number of hydrogen-bond acceptors (Lipinski definition) is 4. The molecule has 2 heterocycles. The normalized spacial score (nSPS) is 14.6. The first-order valence-electron chi connectivity index (χ1n) is 10.9. The molecule has 0 saturated carbocycles. The largest absolute Gasteiger partial charge is 0.372 e. The number of aromatic nitrogens is 2. The van der Waals surface area contributed by atoms with Crippen LogP contribution in [0.25, 0.3) is 0 Å². The van der Waals surface area contributed by atoms with Crippen LogP contribution in [0.4, 0.5) is 20.2 Å². The lowest BCUT2D eigenvalue weighted by molar-refractivity contribution is 0.582. The van der Waals surface area contributed by atoms with Crippen molar-refractivity contribution in [2.45, 2.75) is 34.6 Å². The Morgan fingerprint density at radius 2 is 1.70 bits per heavy atom. The first-order valence-corrected chi connectivity index (χ1v) is 10.9. The van der Waals surface area contributed by atoms with Crippen LogP contribution < -0.4 is 4.90 Å². The summed E-state index contributed by atoms with van der Waals surface area (Å²) < 4.78 is 29.8. The molecule has 0 spiro atoms. The van der Waals surface area contributed by atoms with Gasteiger partial charge >= 0.3 is 0 Å². The van der Waals surface area contributed by atoms with Gasteiger partial charge in [0, 0.05) is 36.1 Å². The van der Waals surface area contributed by atoms with Crippen LogP contribution in [0.2, 0.25) is 0 Å². The first kappa shape index (κ1) is 22.5. The van der Waals surface area contributed by atoms with E-state index in [1.54, 1.807) is 4.68 Å². The number of nitrogens with zero attached hydrogens (tertiary/aromatic N) is 6. The van der Waals surface area contributed by atoms with Gasteiger partial charge in [-0.05, 0) is 76.6 Å². The molecule has 0 saturated heterocycles. The highest BCUT2D eigenvalue weighted by atomic mass is 19.1. The molecule has 2 aromatic carbocycles. The molecule has 3 aromatic rings. The predicted molar refractivity (Wildman–Crippen MR) is 129 cm³/mol. The fraction of sp³-hybridized carbons (Fsp3) is 0.280. The Kier molecular flexibility index (Phi) is 6.18. The van der Waals surface area contributed by atoms with Gasteiger partial charge in [0.05, 0.1) is 11.4 Å². The molecule has 0 N–H and O–H groups in total. The summed E-state index contributed by atoms with van der Waals surface area (Å²) in [5.41, 5.74) is 4.80. The van der Waals surface area contributed by atoms with E-state index >= 15 is 0 Å². The van der Waals surface area contributed by atoms with Gasteiger partial charge in [-0.3, -0.25) is 0 Å². The topological polar surface area (TPSA) is 58.1 Å². The van der Waals surface area contributed by atoms with Crippen molar-refractivity contribution in [1.29, 1.82) is 0 Å². The van der Waals surface area contributed by atoms with Gasteiger partial charge in [0.15, 0.2) is 5.84 Å². The molecule has 0 atom stereocenters. The summed E-state index contributed by atoms with van der Waals surface area (Å²) in [5, 5.41) is 4.43. The van der Waals surface area contributed by atoms with Crippen molar-refractivity contribution in [3.8, 4) is 0 Å². The van der Waals surface area contributed by atoms with Crippen LogP contribution in [0.1, 0.15) is 36.4 Å². The molecule has 1 aliphatic heterocycles. The van der Waals surface area contributed by atoms with E-state index in [0.717, 1.165) is 41.8 Å². The molecular weight excluding hydrogens is 422 g/mol. The van der Waals surface area contributed by atoms with E-state index in [-0.39, 0.29) is 23.1 Å². The average Bonchev–Trinajstić information content (AvgIpc) is 3.33. The lowest BCUT2D eigenvalue weighted by Gasteiger charge is -2.21. The second-order valence-corrected chi connectivity index (χ2v) is 7.91. The first-order chi connectivity index (χ1) is 15.8. The van der Waals surface area contributed by atoms with Gasteiger partial charge in [-0.1, -0.05) is 0 Å². The van der Waals surface area contributed by atoms with Crippen LogP contribution in [0.5, 0.6) is 0 Å². The van der Waals surface area contributed by atoms with E-state index in [0.29, 0.717) is 5.69 Å². The van der Waals surface area contributed by atoms with Crippen molar-refractivity contribution in [3.05, 3.63) is 76.6 Å². The zero-order chi connectivity index (χ0) is 23.7. The van der Waals surface area contributed by atoms with E-state index in [1.807, 2.05) is 39.0 Å². The summed E-state index contributed by atoms with van der Waals surface area (Å²) in [5.74, 6) is -0.840. The number of anilines is 1. The molecule has 4 rings (SSSR count). The minimum absolute atomic E-state index is 0.132. The number of benzene rings is 2. The fourth-order valence-electron chi connectivity index (χ4n) is 3.85. The highest BCUT2D eigenvalue weighted by Gasteiger charge is 2.25. The van der Waals surface area contributed by atoms with E-state index in [2.05, 4.69) is 39.9 Å². The molecule has 0 bridgehead atoms. The van der Waals surface area contributed by atoms with Gasteiger partial charge in [0.2, 0.25) is 0 Å². The van der Waals surface area contributed by atoms with Crippen molar-refractivity contribution >= 4 is 28.9 Å². The average molecular weight is 449 g/mol. The van der Waals surface area contributed by atoms with Gasteiger partial charge in [0.1, 0.15) is 17.3 Å². The second kappa shape index (κ2) is 9.05. The summed E-state index contributed by atoms with van der Waals surface area (Å²) >= 11 is 0. The number of amidine groups is 1. The molecule has 170 valence electrons. The fourth-order valence-corrected chi connectivity index (χ4v) is 3.85. The van der Waals surface area contributed by atoms with Crippen LogP contribution in [0.3, 0.4) is 0 Å². The molecule has 1 aromatic heterocycles. The van der Waals surface area contributed by atoms with E-state index in [1.165, 1.54) is 12.1 Å². The third kappa shape index (κ3) is 4.46. The van der Waals surface area contributed by atoms with Gasteiger partial charge in [-0.15, -0.1) is 0 Å². The monoisotopic (exact) mass is 448 g/mol. The van der Waals surface area contributed by atoms with Gasteiger partial charge in [0.25, 0.3) is 5.96 Å². The van der Waals surface area contributed by atoms with E-state index in [4.69, 9.17) is 4.99 Å². The van der Waals surface area contributed by atoms with Crippen molar-refractivity contribution in [2.24, 2.45) is 15.0 Å². The van der Waals surface area contributed by atoms with Crippen molar-refractivity contribution < 1.29 is 8.78 Å². The number of aryl methyl sites for hydroxylation is 3. The van der Waals surface area contributed by atoms with Gasteiger partial charge < -0.3 is 4.90 Å². The minimum Gasteiger partial charge on any atom is -0.372 e. The molecule has 33 heavy (non-hydrogen) atoms. The van der Waals surface area contributed by atoms with Crippen LogP contribution in [0, 0.1) is 32.4 Å². The SMILES string of the molecule is CCN(CC)c1ccc(N=C2N=C(n3nc(C)cc3C)N=C2c2ccc(F)cc2F)c(C)c1. The molecule has 1 aliphatic rings. The molecule has 8 heteroatoms. The third-order valence-electron chi connectivity index (χ3n) is 5.55. The van der Waals surface area contributed by atoms with Crippen LogP contribution >= 0.6 is 0 Å². The van der Waals surface area contributed by atoms with Crippen molar-refractivity contribution in [3.63, 3.8) is 0 Å². The lowest BCUT2D eigenvalue weighted by atomic mass is 10.1. The molecule has 0 unspecified atom stereocenters. The highest BCUT2D eigenvalue weighted by molar-refractivity contribution is 6.53. The lowest BCUT2D eigenvalue weighted by Crippen LogP contribution is -2.21. The van der Waals surface area contributed by atoms with Gasteiger partial charge in [-0.25, -0.2) is 23.4 Å². The number of rotatable bonds is 5. The Bertz CT molecular complexity index is 1300. The Morgan fingerprint density at radius 3 is 2.30 bits per heavy atom. The summed E-state index contributed by atoms with van der Waals surface area (Å²) in [6.45, 7) is 11.8. The molecule has 0 aliphatic carbocycles. The molecule has 0 radical (unpaired) electrons. The van der Waals surface area contributed by atoms with E-state index < -0.39 is 11.6 Å². The summed E-state index contributed by atoms with van der Waals surface area (Å²) in [4.78, 5) is 16.1. The van der Waals surface area contributed by atoms with Crippen LogP contribution in [-0.4, -0.2) is 40.4 Å². The smallest absolute Gasteiger partial charge is 0.253 e. The molecule has 0 fully saturated rings. The summed E-state index contributed by atoms with van der Waals surface area (Å²) in [7, 11) is 0. The maximum atomic E-state index is 14.7. The maximum absolute atomic E-state index is 14.7. The zero-order valence-corrected chi connectivity index (χ0v) is 19.4. The Morgan fingerprint density at radius 1 is 0.939 bits per heavy atom. The van der Waals surface area contributed by atoms with Crippen LogP contribution in [0.15, 0.2) is 57.4 Å². The standard InChI is InChI=1S/C25H26F2N6/c1-6-32(7-2)19-9-11-22(15(3)12-19)28-24-23(20-10-8-18(26)14-21(20)27)29-25(30-24)33-17(5)13-16(4)31-33/h8-14H,6-7H2,1-5H3. The van der Waals surface area contributed by atoms with Gasteiger partial charge in [-0.2, -0.15) is 10.1 Å². The Balaban J connectivity index is 1.82. The number of halogens is 2. The zero-order valence-electron chi connectivity index (χ0n) is 19.4. The summed E-state index contributed by atoms with van der Waals surface area (Å²) in [6.07, 6.45) is 0. The second-order valence-electron chi connectivity index (χ2n) is 7.91. The number of aliphatic imine (C=N–C) groups is 3. The molecular formula is C25H26F2N6. The van der Waals surface area contributed by atoms with Crippen molar-refractivity contribution in [2.75, 3.05) is 18.0 Å². The quantitative estimate of drug-likeness (QED) is 0.527. The minimum atomic E-state index is -0.722. The Hall–Kier alpha value is -3.68. The van der Waals surface area contributed by atoms with E-state index in [9.17, 15) is 8.78 Å². The third-order valence-corrected chi connectivity index (χ3v) is 5.55.